The highest BCUT2D eigenvalue weighted by molar-refractivity contribution is 7.86. The quantitative estimate of drug-likeness (QED) is 0.378. The Kier molecular flexibility index (Phi) is 8.50. The summed E-state index contributed by atoms with van der Waals surface area (Å²) in [6.07, 6.45) is 6.91. The molecule has 4 atom stereocenters. The zero-order valence-electron chi connectivity index (χ0n) is 18.4. The van der Waals surface area contributed by atoms with E-state index in [1.54, 1.807) is 24.3 Å². The number of hydrogen-bond acceptors (Lipinski definition) is 4. The van der Waals surface area contributed by atoms with E-state index in [0.29, 0.717) is 5.92 Å². The summed E-state index contributed by atoms with van der Waals surface area (Å²) in [6, 6.07) is 6.76. The van der Waals surface area contributed by atoms with Crippen molar-refractivity contribution < 1.29 is 17.7 Å². The topological polar surface area (TPSA) is 63.6 Å². The van der Waals surface area contributed by atoms with Gasteiger partial charge in [0.1, 0.15) is 0 Å². The summed E-state index contributed by atoms with van der Waals surface area (Å²) in [5, 5.41) is 10.6. The number of benzene rings is 1. The van der Waals surface area contributed by atoms with E-state index in [0.717, 1.165) is 44.1 Å². The van der Waals surface area contributed by atoms with E-state index in [4.69, 9.17) is 4.18 Å². The van der Waals surface area contributed by atoms with Gasteiger partial charge in [0.25, 0.3) is 10.1 Å². The second-order valence-electron chi connectivity index (χ2n) is 9.33. The van der Waals surface area contributed by atoms with Gasteiger partial charge in [0.2, 0.25) is 0 Å². The molecule has 1 aliphatic rings. The second-order valence-corrected chi connectivity index (χ2v) is 11.0. The number of aryl methyl sites for hydroxylation is 1. The van der Waals surface area contributed by atoms with Crippen molar-refractivity contribution in [1.29, 1.82) is 0 Å². The van der Waals surface area contributed by atoms with Crippen LogP contribution in [0.5, 0.6) is 0 Å². The summed E-state index contributed by atoms with van der Waals surface area (Å²) >= 11 is 0. The first-order valence-corrected chi connectivity index (χ1v) is 12.3. The fourth-order valence-corrected chi connectivity index (χ4v) is 5.71. The minimum Gasteiger partial charge on any atom is -0.393 e. The Bertz CT molecular complexity index is 754. The maximum Gasteiger partial charge on any atom is 0.296 e. The summed E-state index contributed by atoms with van der Waals surface area (Å²) in [4.78, 5) is 0.198. The smallest absolute Gasteiger partial charge is 0.296 e. The Balaban J connectivity index is 2.17. The minimum absolute atomic E-state index is 0.0936. The lowest BCUT2D eigenvalue weighted by molar-refractivity contribution is 0.0122. The lowest BCUT2D eigenvalue weighted by atomic mass is 9.69. The first-order chi connectivity index (χ1) is 13.6. The number of allylic oxidation sites excluding steroid dienone is 1. The van der Waals surface area contributed by atoms with E-state index < -0.39 is 10.1 Å². The van der Waals surface area contributed by atoms with Crippen LogP contribution in [-0.4, -0.2) is 26.2 Å². The largest absolute Gasteiger partial charge is 0.393 e. The molecule has 1 fully saturated rings. The summed E-state index contributed by atoms with van der Waals surface area (Å²) in [5.74, 6) is 0.925. The van der Waals surface area contributed by atoms with Crippen molar-refractivity contribution in [3.63, 3.8) is 0 Å². The van der Waals surface area contributed by atoms with Crippen LogP contribution in [0.4, 0.5) is 0 Å². The molecule has 29 heavy (non-hydrogen) atoms. The van der Waals surface area contributed by atoms with E-state index in [2.05, 4.69) is 27.4 Å². The highest BCUT2D eigenvalue weighted by atomic mass is 32.2. The average molecular weight is 423 g/mol. The molecule has 5 heteroatoms. The monoisotopic (exact) mass is 422 g/mol. The van der Waals surface area contributed by atoms with Crippen molar-refractivity contribution in [1.82, 2.24) is 0 Å². The third kappa shape index (κ3) is 6.16. The Morgan fingerprint density at radius 1 is 1.24 bits per heavy atom. The third-order valence-corrected chi connectivity index (χ3v) is 7.91. The zero-order chi connectivity index (χ0) is 21.7. The Morgan fingerprint density at radius 2 is 1.90 bits per heavy atom. The first-order valence-electron chi connectivity index (χ1n) is 10.8. The lowest BCUT2D eigenvalue weighted by Gasteiger charge is -2.38. The van der Waals surface area contributed by atoms with Crippen LogP contribution >= 0.6 is 0 Å². The van der Waals surface area contributed by atoms with Crippen molar-refractivity contribution in [2.75, 3.05) is 6.61 Å². The normalized spacial score (nSPS) is 26.0. The predicted molar refractivity (Wildman–Crippen MR) is 118 cm³/mol. The maximum absolute atomic E-state index is 12.7. The molecule has 0 radical (unpaired) electrons. The number of aliphatic hydroxyl groups is 1. The average Bonchev–Trinajstić information content (AvgIpc) is 2.93. The molecule has 0 saturated heterocycles. The molecule has 0 heterocycles. The van der Waals surface area contributed by atoms with Crippen molar-refractivity contribution in [3.05, 3.63) is 42.5 Å². The highest BCUT2D eigenvalue weighted by Crippen LogP contribution is 2.50. The molecule has 4 nitrogen and oxygen atoms in total. The molecule has 0 spiro atoms. The summed E-state index contributed by atoms with van der Waals surface area (Å²) < 4.78 is 31.0. The molecule has 0 bridgehead atoms. The predicted octanol–water partition coefficient (Wildman–Crippen LogP) is 5.50. The van der Waals surface area contributed by atoms with Crippen LogP contribution in [0.3, 0.4) is 0 Å². The van der Waals surface area contributed by atoms with Crippen molar-refractivity contribution in [2.24, 2.45) is 23.2 Å². The molecule has 164 valence electrons. The second kappa shape index (κ2) is 10.2. The lowest BCUT2D eigenvalue weighted by Crippen LogP contribution is -2.37. The van der Waals surface area contributed by atoms with E-state index in [1.807, 2.05) is 13.0 Å². The van der Waals surface area contributed by atoms with Crippen LogP contribution in [-0.2, 0) is 14.3 Å². The molecule has 1 aromatic rings. The Morgan fingerprint density at radius 3 is 2.48 bits per heavy atom. The van der Waals surface area contributed by atoms with Gasteiger partial charge >= 0.3 is 0 Å². The van der Waals surface area contributed by atoms with E-state index in [9.17, 15) is 13.5 Å². The van der Waals surface area contributed by atoms with Gasteiger partial charge in [-0.15, -0.1) is 6.58 Å². The Hall–Kier alpha value is -1.17. The number of aliphatic hydroxyl groups excluding tert-OH is 1. The highest BCUT2D eigenvalue weighted by Gasteiger charge is 2.48. The summed E-state index contributed by atoms with van der Waals surface area (Å²) in [5.41, 5.74) is 0.733. The van der Waals surface area contributed by atoms with Crippen LogP contribution in [0.25, 0.3) is 0 Å². The van der Waals surface area contributed by atoms with Crippen molar-refractivity contribution >= 4 is 10.1 Å². The molecule has 0 aromatic heterocycles. The molecule has 1 aromatic carbocycles. The van der Waals surface area contributed by atoms with Crippen molar-refractivity contribution in [3.8, 4) is 0 Å². The van der Waals surface area contributed by atoms with Crippen molar-refractivity contribution in [2.45, 2.75) is 77.2 Å². The molecule has 1 N–H and O–H groups in total. The van der Waals surface area contributed by atoms with Gasteiger partial charge in [-0.1, -0.05) is 57.4 Å². The van der Waals surface area contributed by atoms with Crippen LogP contribution < -0.4 is 0 Å². The zero-order valence-corrected chi connectivity index (χ0v) is 19.2. The van der Waals surface area contributed by atoms with E-state index >= 15 is 0 Å². The summed E-state index contributed by atoms with van der Waals surface area (Å²) in [7, 11) is -3.79. The fourth-order valence-electron chi connectivity index (χ4n) is 4.76. The van der Waals surface area contributed by atoms with Gasteiger partial charge in [0.15, 0.2) is 0 Å². The van der Waals surface area contributed by atoms with Crippen LogP contribution in [0.1, 0.15) is 64.9 Å². The number of rotatable bonds is 11. The van der Waals surface area contributed by atoms with E-state index in [-0.39, 0.29) is 34.9 Å². The standard InChI is InChI=1S/C24H38O4S/c1-6-16-24(5)22(14-15-23(24)25)20(9-7-8-18(2)3)17-28-29(26,27)21-12-10-19(4)11-13-21/h6,10-13,18,20,22-23,25H,1,7-9,14-17H2,2-5H3/t20-,22+,23?,24+/m0/s1. The third-order valence-electron chi connectivity index (χ3n) is 6.62. The van der Waals surface area contributed by atoms with Gasteiger partial charge in [0.05, 0.1) is 17.6 Å². The van der Waals surface area contributed by atoms with Gasteiger partial charge in [-0.05, 0) is 62.5 Å². The van der Waals surface area contributed by atoms with Gasteiger partial charge < -0.3 is 5.11 Å². The molecular weight excluding hydrogens is 384 g/mol. The SMILES string of the molecule is C=CC[C@@]1(C)C(O)CC[C@@H]1[C@@H](CCCC(C)C)COS(=O)(=O)c1ccc(C)cc1. The molecular formula is C24H38O4S. The molecule has 1 saturated carbocycles. The molecule has 0 amide bonds. The Labute approximate surface area is 177 Å². The molecule has 1 aliphatic carbocycles. The van der Waals surface area contributed by atoms with Gasteiger partial charge in [-0.2, -0.15) is 8.42 Å². The fraction of sp³-hybridized carbons (Fsp3) is 0.667. The van der Waals surface area contributed by atoms with E-state index in [1.165, 1.54) is 0 Å². The minimum atomic E-state index is -3.79. The van der Waals surface area contributed by atoms with Gasteiger partial charge in [-0.25, -0.2) is 0 Å². The summed E-state index contributed by atoms with van der Waals surface area (Å²) in [6.45, 7) is 12.5. The van der Waals surface area contributed by atoms with Gasteiger partial charge in [-0.3, -0.25) is 4.18 Å². The first kappa shape index (κ1) is 24.1. The molecule has 1 unspecified atom stereocenters. The molecule has 0 aliphatic heterocycles. The van der Waals surface area contributed by atoms with Gasteiger partial charge in [0, 0.05) is 5.41 Å². The van der Waals surface area contributed by atoms with Crippen LogP contribution in [0.15, 0.2) is 41.8 Å². The van der Waals surface area contributed by atoms with Crippen LogP contribution in [0, 0.1) is 30.1 Å². The maximum atomic E-state index is 12.7. The molecule has 2 rings (SSSR count). The van der Waals surface area contributed by atoms with Crippen LogP contribution in [0.2, 0.25) is 0 Å². The number of hydrogen-bond donors (Lipinski definition) is 1.